The number of hydrogen-bond donors (Lipinski definition) is 0. The second-order valence-corrected chi connectivity index (χ2v) is 8.13. The Morgan fingerprint density at radius 1 is 1.09 bits per heavy atom. The summed E-state index contributed by atoms with van der Waals surface area (Å²) >= 11 is 0. The van der Waals surface area contributed by atoms with E-state index >= 15 is 0 Å². The van der Waals surface area contributed by atoms with Crippen LogP contribution < -0.4 is 0 Å². The SMILES string of the molecule is Cn1nc(-c2ccc(F)cc2)cc1C(=O)N(Cc1ccco1)Cc1nn(C)c2c1CCC2. The number of carbonyl (C=O) groups is 1. The van der Waals surface area contributed by atoms with Crippen molar-refractivity contribution < 1.29 is 13.6 Å². The summed E-state index contributed by atoms with van der Waals surface area (Å²) in [6, 6.07) is 11.5. The predicted molar refractivity (Wildman–Crippen MR) is 116 cm³/mol. The highest BCUT2D eigenvalue weighted by Crippen LogP contribution is 2.27. The number of halogens is 1. The Kier molecular flexibility index (Phi) is 5.13. The van der Waals surface area contributed by atoms with E-state index in [1.165, 1.54) is 23.4 Å². The van der Waals surface area contributed by atoms with Crippen molar-refractivity contribution in [2.75, 3.05) is 0 Å². The van der Waals surface area contributed by atoms with Gasteiger partial charge < -0.3 is 9.32 Å². The van der Waals surface area contributed by atoms with E-state index < -0.39 is 0 Å². The van der Waals surface area contributed by atoms with Crippen LogP contribution in [0, 0.1) is 5.82 Å². The minimum atomic E-state index is -0.312. The Morgan fingerprint density at radius 2 is 1.91 bits per heavy atom. The van der Waals surface area contributed by atoms with Crippen LogP contribution in [0.5, 0.6) is 0 Å². The fraction of sp³-hybridized carbons (Fsp3) is 0.292. The van der Waals surface area contributed by atoms with Gasteiger partial charge in [-0.05, 0) is 67.3 Å². The number of rotatable bonds is 6. The standard InChI is InChI=1S/C24H24FN5O2/c1-28-22-7-3-6-19(22)21(27-28)15-30(14-18-5-4-12-32-18)24(31)23-13-20(26-29(23)2)16-8-10-17(25)11-9-16/h4-5,8-13H,3,6-7,14-15H2,1-2H3. The molecule has 5 rings (SSSR count). The number of nitrogens with zero attached hydrogens (tertiary/aromatic N) is 5. The minimum Gasteiger partial charge on any atom is -0.467 e. The number of benzene rings is 1. The van der Waals surface area contributed by atoms with E-state index in [0.29, 0.717) is 30.2 Å². The molecule has 0 atom stereocenters. The molecule has 8 heteroatoms. The number of aryl methyl sites for hydroxylation is 2. The van der Waals surface area contributed by atoms with Crippen LogP contribution in [0.25, 0.3) is 11.3 Å². The van der Waals surface area contributed by atoms with E-state index in [9.17, 15) is 9.18 Å². The summed E-state index contributed by atoms with van der Waals surface area (Å²) in [7, 11) is 3.70. The van der Waals surface area contributed by atoms with Gasteiger partial charge >= 0.3 is 0 Å². The van der Waals surface area contributed by atoms with Crippen molar-refractivity contribution in [1.29, 1.82) is 0 Å². The number of furan rings is 1. The second-order valence-electron chi connectivity index (χ2n) is 8.13. The lowest BCUT2D eigenvalue weighted by Crippen LogP contribution is -2.32. The summed E-state index contributed by atoms with van der Waals surface area (Å²) in [5, 5.41) is 9.18. The molecule has 1 aliphatic carbocycles. The minimum absolute atomic E-state index is 0.165. The molecular weight excluding hydrogens is 409 g/mol. The van der Waals surface area contributed by atoms with Gasteiger partial charge in [-0.3, -0.25) is 14.2 Å². The summed E-state index contributed by atoms with van der Waals surface area (Å²) in [5.74, 6) is 0.225. The van der Waals surface area contributed by atoms with E-state index in [2.05, 4.69) is 5.10 Å². The molecule has 1 aromatic carbocycles. The molecule has 0 bridgehead atoms. The zero-order valence-electron chi connectivity index (χ0n) is 18.1. The number of fused-ring (bicyclic) bond motifs is 1. The average Bonchev–Trinajstić information content (AvgIpc) is 3.56. The Labute approximate surface area is 185 Å². The summed E-state index contributed by atoms with van der Waals surface area (Å²) in [4.78, 5) is 15.4. The molecule has 164 valence electrons. The lowest BCUT2D eigenvalue weighted by atomic mass is 10.1. The predicted octanol–water partition coefficient (Wildman–Crippen LogP) is 3.88. The molecule has 0 saturated heterocycles. The van der Waals surface area contributed by atoms with Crippen LogP contribution >= 0.6 is 0 Å². The first kappa shape index (κ1) is 20.2. The zero-order valence-corrected chi connectivity index (χ0v) is 18.1. The molecule has 0 spiro atoms. The molecule has 0 fully saturated rings. The summed E-state index contributed by atoms with van der Waals surface area (Å²) in [6.45, 7) is 0.716. The van der Waals surface area contributed by atoms with Crippen LogP contribution in [0.1, 0.15) is 39.6 Å². The van der Waals surface area contributed by atoms with Crippen molar-refractivity contribution in [3.63, 3.8) is 0 Å². The largest absolute Gasteiger partial charge is 0.467 e. The van der Waals surface area contributed by atoms with Crippen LogP contribution in [-0.2, 0) is 40.0 Å². The van der Waals surface area contributed by atoms with Crippen molar-refractivity contribution in [2.45, 2.75) is 32.4 Å². The first-order chi connectivity index (χ1) is 15.5. The van der Waals surface area contributed by atoms with Gasteiger partial charge in [-0.2, -0.15) is 10.2 Å². The zero-order chi connectivity index (χ0) is 22.2. The van der Waals surface area contributed by atoms with Crippen molar-refractivity contribution in [1.82, 2.24) is 24.5 Å². The number of amides is 1. The van der Waals surface area contributed by atoms with Gasteiger partial charge in [-0.15, -0.1) is 0 Å². The maximum atomic E-state index is 13.6. The molecule has 0 N–H and O–H groups in total. The summed E-state index contributed by atoms with van der Waals surface area (Å²) in [5.41, 5.74) is 5.25. The van der Waals surface area contributed by atoms with Crippen LogP contribution in [0.3, 0.4) is 0 Å². The average molecular weight is 433 g/mol. The maximum absolute atomic E-state index is 13.6. The van der Waals surface area contributed by atoms with Gasteiger partial charge in [-0.1, -0.05) is 0 Å². The van der Waals surface area contributed by atoms with Crippen LogP contribution in [0.2, 0.25) is 0 Å². The second kappa shape index (κ2) is 8.11. The molecule has 0 saturated carbocycles. The maximum Gasteiger partial charge on any atom is 0.272 e. The van der Waals surface area contributed by atoms with Gasteiger partial charge in [-0.25, -0.2) is 4.39 Å². The van der Waals surface area contributed by atoms with E-state index in [1.807, 2.05) is 23.9 Å². The molecule has 3 heterocycles. The van der Waals surface area contributed by atoms with Gasteiger partial charge in [0.2, 0.25) is 0 Å². The third kappa shape index (κ3) is 3.72. The highest BCUT2D eigenvalue weighted by molar-refractivity contribution is 5.93. The topological polar surface area (TPSA) is 69.1 Å². The van der Waals surface area contributed by atoms with E-state index in [-0.39, 0.29) is 11.7 Å². The lowest BCUT2D eigenvalue weighted by molar-refractivity contribution is 0.0703. The van der Waals surface area contributed by atoms with Gasteiger partial charge in [0.15, 0.2) is 0 Å². The summed E-state index contributed by atoms with van der Waals surface area (Å²) < 4.78 is 22.3. The van der Waals surface area contributed by atoms with E-state index in [0.717, 1.165) is 30.5 Å². The highest BCUT2D eigenvalue weighted by Gasteiger charge is 2.27. The Balaban J connectivity index is 1.47. The number of carbonyl (C=O) groups excluding carboxylic acids is 1. The van der Waals surface area contributed by atoms with Gasteiger partial charge in [0, 0.05) is 25.4 Å². The molecule has 32 heavy (non-hydrogen) atoms. The van der Waals surface area contributed by atoms with E-state index in [1.54, 1.807) is 41.1 Å². The van der Waals surface area contributed by atoms with E-state index in [4.69, 9.17) is 9.52 Å². The molecule has 1 amide bonds. The molecule has 3 aromatic heterocycles. The molecule has 1 aliphatic rings. The molecule has 0 aliphatic heterocycles. The Morgan fingerprint density at radius 3 is 2.66 bits per heavy atom. The number of hydrogen-bond acceptors (Lipinski definition) is 4. The van der Waals surface area contributed by atoms with Gasteiger partial charge in [0.25, 0.3) is 5.91 Å². The van der Waals surface area contributed by atoms with Gasteiger partial charge in [0.05, 0.1) is 30.7 Å². The molecule has 4 aromatic rings. The van der Waals surface area contributed by atoms with Crippen LogP contribution in [0.4, 0.5) is 4.39 Å². The Bertz CT molecular complexity index is 1250. The first-order valence-electron chi connectivity index (χ1n) is 10.6. The molecule has 0 unspecified atom stereocenters. The first-order valence-corrected chi connectivity index (χ1v) is 10.6. The number of aromatic nitrogens is 4. The van der Waals surface area contributed by atoms with Crippen molar-refractivity contribution in [2.24, 2.45) is 14.1 Å². The normalized spacial score (nSPS) is 12.8. The highest BCUT2D eigenvalue weighted by atomic mass is 19.1. The lowest BCUT2D eigenvalue weighted by Gasteiger charge is -2.21. The smallest absolute Gasteiger partial charge is 0.272 e. The monoisotopic (exact) mass is 433 g/mol. The van der Waals surface area contributed by atoms with Crippen molar-refractivity contribution >= 4 is 5.91 Å². The molecule has 7 nitrogen and oxygen atoms in total. The fourth-order valence-corrected chi connectivity index (χ4v) is 4.39. The third-order valence-electron chi connectivity index (χ3n) is 5.99. The quantitative estimate of drug-likeness (QED) is 0.463. The van der Waals surface area contributed by atoms with Crippen molar-refractivity contribution in [3.05, 3.63) is 83.0 Å². The van der Waals surface area contributed by atoms with Crippen LogP contribution in [0.15, 0.2) is 53.1 Å². The Hall–Kier alpha value is -3.68. The van der Waals surface area contributed by atoms with Crippen molar-refractivity contribution in [3.8, 4) is 11.3 Å². The third-order valence-corrected chi connectivity index (χ3v) is 5.99. The van der Waals surface area contributed by atoms with Crippen LogP contribution in [-0.4, -0.2) is 30.4 Å². The molecular formula is C24H24FN5O2. The molecule has 0 radical (unpaired) electrons. The summed E-state index contributed by atoms with van der Waals surface area (Å²) in [6.07, 6.45) is 4.73. The van der Waals surface area contributed by atoms with Gasteiger partial charge in [0.1, 0.15) is 17.3 Å². The fourth-order valence-electron chi connectivity index (χ4n) is 4.39.